The molecule has 2 aromatic rings. The van der Waals surface area contributed by atoms with Gasteiger partial charge in [-0.2, -0.15) is 0 Å². The van der Waals surface area contributed by atoms with Crippen LogP contribution >= 0.6 is 0 Å². The van der Waals surface area contributed by atoms with Crippen LogP contribution in [0, 0.1) is 5.92 Å². The van der Waals surface area contributed by atoms with Crippen LogP contribution in [0.25, 0.3) is 5.69 Å². The number of anilines is 1. The van der Waals surface area contributed by atoms with Crippen molar-refractivity contribution >= 4 is 11.6 Å². The quantitative estimate of drug-likeness (QED) is 0.866. The Kier molecular flexibility index (Phi) is 4.47. The Bertz CT molecular complexity index is 567. The monoisotopic (exact) mass is 273 g/mol. The molecule has 2 atom stereocenters. The molecule has 6 nitrogen and oxygen atoms in total. The summed E-state index contributed by atoms with van der Waals surface area (Å²) in [4.78, 5) is 12.0. The normalized spacial score (nSPS) is 13.8. The fourth-order valence-electron chi connectivity index (χ4n) is 1.81. The Morgan fingerprint density at radius 2 is 2.30 bits per heavy atom. The lowest BCUT2D eigenvalue weighted by Gasteiger charge is -2.17. The van der Waals surface area contributed by atoms with Crippen molar-refractivity contribution in [1.82, 2.24) is 15.0 Å². The summed E-state index contributed by atoms with van der Waals surface area (Å²) in [5.74, 6) is -0.0245. The summed E-state index contributed by atoms with van der Waals surface area (Å²) in [7, 11) is 0. The minimum atomic E-state index is -0.505. The highest BCUT2D eigenvalue weighted by Crippen LogP contribution is 2.15. The van der Waals surface area contributed by atoms with Crippen LogP contribution in [0.4, 0.5) is 5.69 Å². The van der Waals surface area contributed by atoms with E-state index in [1.165, 1.54) is 0 Å². The summed E-state index contributed by atoms with van der Waals surface area (Å²) < 4.78 is 1.63. The predicted octanol–water partition coefficient (Wildman–Crippen LogP) is 1.58. The van der Waals surface area contributed by atoms with Gasteiger partial charge in [-0.05, 0) is 24.1 Å². The lowest BCUT2D eigenvalue weighted by atomic mass is 9.99. The van der Waals surface area contributed by atoms with Crippen molar-refractivity contribution in [2.75, 3.05) is 5.32 Å². The average molecular weight is 273 g/mol. The number of carbonyl (C=O) groups is 1. The highest BCUT2D eigenvalue weighted by Gasteiger charge is 2.19. The van der Waals surface area contributed by atoms with Gasteiger partial charge in [-0.3, -0.25) is 4.79 Å². The maximum absolute atomic E-state index is 12.0. The molecule has 2 rings (SSSR count). The number of hydrogen-bond donors (Lipinski definition) is 2. The zero-order valence-corrected chi connectivity index (χ0v) is 11.7. The van der Waals surface area contributed by atoms with Crippen molar-refractivity contribution in [3.05, 3.63) is 36.7 Å². The molecule has 0 bridgehead atoms. The molecule has 1 heterocycles. The van der Waals surface area contributed by atoms with Gasteiger partial charge in [0, 0.05) is 5.69 Å². The minimum Gasteiger partial charge on any atom is -0.325 e. The van der Waals surface area contributed by atoms with E-state index < -0.39 is 6.04 Å². The second kappa shape index (κ2) is 6.29. The van der Waals surface area contributed by atoms with E-state index in [0.29, 0.717) is 5.69 Å². The number of nitrogens with two attached hydrogens (primary N) is 1. The SMILES string of the molecule is CCC(C)C(N)C(=O)Nc1cccc(-n2ccnn2)c1. The molecular weight excluding hydrogens is 254 g/mol. The predicted molar refractivity (Wildman–Crippen MR) is 77.4 cm³/mol. The Hall–Kier alpha value is -2.21. The van der Waals surface area contributed by atoms with Crippen molar-refractivity contribution in [3.63, 3.8) is 0 Å². The Morgan fingerprint density at radius 3 is 2.95 bits per heavy atom. The summed E-state index contributed by atoms with van der Waals surface area (Å²) in [6.45, 7) is 3.99. The Labute approximate surface area is 118 Å². The number of amides is 1. The van der Waals surface area contributed by atoms with E-state index in [2.05, 4.69) is 15.6 Å². The first-order chi connectivity index (χ1) is 9.61. The van der Waals surface area contributed by atoms with Crippen LogP contribution in [0.15, 0.2) is 36.7 Å². The first-order valence-electron chi connectivity index (χ1n) is 6.65. The lowest BCUT2D eigenvalue weighted by Crippen LogP contribution is -2.40. The molecule has 0 radical (unpaired) electrons. The Balaban J connectivity index is 2.10. The van der Waals surface area contributed by atoms with E-state index in [1.807, 2.05) is 38.1 Å². The molecule has 0 aliphatic rings. The van der Waals surface area contributed by atoms with Crippen LogP contribution in [0.2, 0.25) is 0 Å². The molecule has 1 aromatic carbocycles. The number of hydrogen-bond acceptors (Lipinski definition) is 4. The van der Waals surface area contributed by atoms with Crippen LogP contribution in [0.5, 0.6) is 0 Å². The Morgan fingerprint density at radius 1 is 1.50 bits per heavy atom. The number of aromatic nitrogens is 3. The molecule has 0 aliphatic carbocycles. The molecule has 0 fully saturated rings. The standard InChI is InChI=1S/C14H19N5O/c1-3-10(2)13(15)14(20)17-11-5-4-6-12(9-11)19-8-7-16-18-19/h4-10,13H,3,15H2,1-2H3,(H,17,20). The molecule has 1 amide bonds. The molecule has 0 saturated carbocycles. The summed E-state index contributed by atoms with van der Waals surface area (Å²) >= 11 is 0. The molecule has 2 unspecified atom stereocenters. The van der Waals surface area contributed by atoms with Gasteiger partial charge in [0.2, 0.25) is 5.91 Å². The molecule has 3 N–H and O–H groups in total. The maximum Gasteiger partial charge on any atom is 0.241 e. The summed E-state index contributed by atoms with van der Waals surface area (Å²) in [5.41, 5.74) is 7.44. The van der Waals surface area contributed by atoms with Crippen molar-refractivity contribution in [1.29, 1.82) is 0 Å². The second-order valence-corrected chi connectivity index (χ2v) is 4.80. The third-order valence-electron chi connectivity index (χ3n) is 3.36. The van der Waals surface area contributed by atoms with Crippen LogP contribution in [0.1, 0.15) is 20.3 Å². The molecule has 20 heavy (non-hydrogen) atoms. The zero-order chi connectivity index (χ0) is 14.5. The zero-order valence-electron chi connectivity index (χ0n) is 11.7. The highest BCUT2D eigenvalue weighted by molar-refractivity contribution is 5.95. The van der Waals surface area contributed by atoms with Crippen LogP contribution in [-0.2, 0) is 4.79 Å². The van der Waals surface area contributed by atoms with Crippen LogP contribution in [-0.4, -0.2) is 26.9 Å². The molecular formula is C14H19N5O. The van der Waals surface area contributed by atoms with Gasteiger partial charge < -0.3 is 11.1 Å². The summed E-state index contributed by atoms with van der Waals surface area (Å²) in [5, 5.41) is 10.5. The van der Waals surface area contributed by atoms with Crippen molar-refractivity contribution in [3.8, 4) is 5.69 Å². The minimum absolute atomic E-state index is 0.147. The molecule has 0 spiro atoms. The van der Waals surface area contributed by atoms with Gasteiger partial charge >= 0.3 is 0 Å². The third-order valence-corrected chi connectivity index (χ3v) is 3.36. The maximum atomic E-state index is 12.0. The number of nitrogens with one attached hydrogen (secondary N) is 1. The third kappa shape index (κ3) is 3.21. The van der Waals surface area contributed by atoms with E-state index >= 15 is 0 Å². The van der Waals surface area contributed by atoms with Gasteiger partial charge in [0.1, 0.15) is 0 Å². The lowest BCUT2D eigenvalue weighted by molar-refractivity contribution is -0.118. The van der Waals surface area contributed by atoms with Crippen molar-refractivity contribution < 1.29 is 4.79 Å². The average Bonchev–Trinajstić information content (AvgIpc) is 3.00. The molecule has 6 heteroatoms. The largest absolute Gasteiger partial charge is 0.325 e. The summed E-state index contributed by atoms with van der Waals surface area (Å²) in [6, 6.07) is 6.88. The fraction of sp³-hybridized carbons (Fsp3) is 0.357. The highest BCUT2D eigenvalue weighted by atomic mass is 16.2. The molecule has 0 aliphatic heterocycles. The van der Waals surface area contributed by atoms with Gasteiger partial charge in [-0.1, -0.05) is 31.5 Å². The van der Waals surface area contributed by atoms with E-state index in [9.17, 15) is 4.79 Å². The smallest absolute Gasteiger partial charge is 0.241 e. The van der Waals surface area contributed by atoms with E-state index in [1.54, 1.807) is 17.1 Å². The number of benzene rings is 1. The van der Waals surface area contributed by atoms with Gasteiger partial charge in [-0.25, -0.2) is 4.68 Å². The number of rotatable bonds is 5. The van der Waals surface area contributed by atoms with E-state index in [0.717, 1.165) is 12.1 Å². The van der Waals surface area contributed by atoms with Crippen LogP contribution < -0.4 is 11.1 Å². The second-order valence-electron chi connectivity index (χ2n) is 4.80. The summed E-state index contributed by atoms with van der Waals surface area (Å²) in [6.07, 6.45) is 4.21. The van der Waals surface area contributed by atoms with Gasteiger partial charge in [0.15, 0.2) is 0 Å². The van der Waals surface area contributed by atoms with Gasteiger partial charge in [0.05, 0.1) is 24.1 Å². The molecule has 0 saturated heterocycles. The topological polar surface area (TPSA) is 85.8 Å². The van der Waals surface area contributed by atoms with Crippen molar-refractivity contribution in [2.45, 2.75) is 26.3 Å². The van der Waals surface area contributed by atoms with E-state index in [4.69, 9.17) is 5.73 Å². The van der Waals surface area contributed by atoms with E-state index in [-0.39, 0.29) is 11.8 Å². The number of carbonyl (C=O) groups excluding carboxylic acids is 1. The van der Waals surface area contributed by atoms with Crippen LogP contribution in [0.3, 0.4) is 0 Å². The number of nitrogens with zero attached hydrogens (tertiary/aromatic N) is 3. The van der Waals surface area contributed by atoms with Crippen molar-refractivity contribution in [2.24, 2.45) is 11.7 Å². The molecule has 106 valence electrons. The fourth-order valence-corrected chi connectivity index (χ4v) is 1.81. The van der Waals surface area contributed by atoms with Gasteiger partial charge in [0.25, 0.3) is 0 Å². The molecule has 1 aromatic heterocycles. The first-order valence-corrected chi connectivity index (χ1v) is 6.65. The van der Waals surface area contributed by atoms with Gasteiger partial charge in [-0.15, -0.1) is 5.10 Å². The first kappa shape index (κ1) is 14.2.